The first-order valence-corrected chi connectivity index (χ1v) is 11.2. The maximum Gasteiger partial charge on any atom is 0.374 e. The van der Waals surface area contributed by atoms with E-state index >= 15 is 0 Å². The van der Waals surface area contributed by atoms with E-state index in [0.29, 0.717) is 35.8 Å². The molecule has 1 amide bonds. The van der Waals surface area contributed by atoms with Gasteiger partial charge in [-0.1, -0.05) is 0 Å². The van der Waals surface area contributed by atoms with E-state index in [4.69, 9.17) is 13.9 Å². The molecule has 1 aliphatic carbocycles. The van der Waals surface area contributed by atoms with Gasteiger partial charge in [-0.25, -0.2) is 4.79 Å². The molecular formula is C24H32N2O5. The Balaban J connectivity index is 1.46. The smallest absolute Gasteiger partial charge is 0.374 e. The quantitative estimate of drug-likeness (QED) is 0.699. The van der Waals surface area contributed by atoms with Crippen LogP contribution in [0.3, 0.4) is 0 Å². The van der Waals surface area contributed by atoms with Gasteiger partial charge in [0.15, 0.2) is 0 Å². The first-order valence-electron chi connectivity index (χ1n) is 11.2. The second kappa shape index (κ2) is 9.40. The lowest BCUT2D eigenvalue weighted by molar-refractivity contribution is -0.121. The van der Waals surface area contributed by atoms with Crippen molar-refractivity contribution in [3.05, 3.63) is 30.0 Å². The molecule has 2 aromatic rings. The van der Waals surface area contributed by atoms with Crippen molar-refractivity contribution < 1.29 is 23.5 Å². The number of nitrogens with one attached hydrogen (secondary N) is 1. The average molecular weight is 429 g/mol. The van der Waals surface area contributed by atoms with Crippen LogP contribution in [0.5, 0.6) is 0 Å². The van der Waals surface area contributed by atoms with Crippen LogP contribution in [-0.4, -0.2) is 56.2 Å². The summed E-state index contributed by atoms with van der Waals surface area (Å²) in [6, 6.07) is 6.95. The van der Waals surface area contributed by atoms with E-state index in [2.05, 4.69) is 10.2 Å². The minimum absolute atomic E-state index is 0.0346. The molecule has 2 aliphatic rings. The number of carbonyl (C=O) groups is 2. The number of ether oxygens (including phenoxy) is 2. The number of methoxy groups -OCH3 is 1. The molecule has 7 nitrogen and oxygen atoms in total. The molecule has 0 spiro atoms. The number of hydrogen-bond donors (Lipinski definition) is 1. The highest BCUT2D eigenvalue weighted by Gasteiger charge is 2.42. The van der Waals surface area contributed by atoms with E-state index in [0.717, 1.165) is 44.0 Å². The normalized spacial score (nSPS) is 26.8. The molecule has 1 aromatic carbocycles. The summed E-state index contributed by atoms with van der Waals surface area (Å²) >= 11 is 0. The minimum atomic E-state index is -0.483. The largest absolute Gasteiger partial charge is 0.460 e. The van der Waals surface area contributed by atoms with E-state index in [-0.39, 0.29) is 17.7 Å². The van der Waals surface area contributed by atoms with Gasteiger partial charge in [-0.2, -0.15) is 0 Å². The van der Waals surface area contributed by atoms with Crippen molar-refractivity contribution in [2.45, 2.75) is 51.2 Å². The fraction of sp³-hybridized carbons (Fsp3) is 0.583. The summed E-state index contributed by atoms with van der Waals surface area (Å²) in [5.74, 6) is 0.657. The number of anilines is 1. The highest BCUT2D eigenvalue weighted by molar-refractivity contribution is 5.98. The summed E-state index contributed by atoms with van der Waals surface area (Å²) in [4.78, 5) is 27.4. The summed E-state index contributed by atoms with van der Waals surface area (Å²) in [5, 5.41) is 3.86. The van der Waals surface area contributed by atoms with Crippen LogP contribution in [0.1, 0.15) is 49.6 Å². The molecule has 2 fully saturated rings. The maximum atomic E-state index is 13.3. The predicted octanol–water partition coefficient (Wildman–Crippen LogP) is 4.07. The van der Waals surface area contributed by atoms with Crippen molar-refractivity contribution in [2.24, 2.45) is 11.8 Å². The Morgan fingerprint density at radius 2 is 1.94 bits per heavy atom. The third-order valence-corrected chi connectivity index (χ3v) is 6.88. The lowest BCUT2D eigenvalue weighted by Crippen LogP contribution is -2.43. The van der Waals surface area contributed by atoms with Crippen LogP contribution in [0.25, 0.3) is 11.0 Å². The van der Waals surface area contributed by atoms with Crippen molar-refractivity contribution in [3.8, 4) is 0 Å². The zero-order chi connectivity index (χ0) is 22.0. The van der Waals surface area contributed by atoms with Crippen LogP contribution in [0.15, 0.2) is 28.7 Å². The van der Waals surface area contributed by atoms with E-state index in [1.165, 1.54) is 0 Å². The highest BCUT2D eigenvalue weighted by atomic mass is 16.5. The van der Waals surface area contributed by atoms with Gasteiger partial charge in [-0.3, -0.25) is 9.69 Å². The van der Waals surface area contributed by atoms with Crippen LogP contribution in [0.4, 0.5) is 5.69 Å². The summed E-state index contributed by atoms with van der Waals surface area (Å²) in [7, 11) is 3.83. The van der Waals surface area contributed by atoms with Gasteiger partial charge < -0.3 is 19.2 Å². The molecule has 0 bridgehead atoms. The first kappa shape index (κ1) is 21.8. The van der Waals surface area contributed by atoms with Crippen molar-refractivity contribution in [1.82, 2.24) is 4.90 Å². The zero-order valence-corrected chi connectivity index (χ0v) is 18.6. The Kier molecular flexibility index (Phi) is 6.62. The van der Waals surface area contributed by atoms with Gasteiger partial charge in [0.2, 0.25) is 11.7 Å². The Labute approximate surface area is 183 Å². The minimum Gasteiger partial charge on any atom is -0.460 e. The summed E-state index contributed by atoms with van der Waals surface area (Å²) < 4.78 is 16.1. The summed E-state index contributed by atoms with van der Waals surface area (Å²) in [6.07, 6.45) is 5.83. The molecule has 1 saturated carbocycles. The van der Waals surface area contributed by atoms with Gasteiger partial charge in [0, 0.05) is 18.2 Å². The monoisotopic (exact) mass is 428 g/mol. The van der Waals surface area contributed by atoms with Crippen LogP contribution in [0.2, 0.25) is 0 Å². The number of nitrogens with zero attached hydrogens (tertiary/aromatic N) is 1. The van der Waals surface area contributed by atoms with Gasteiger partial charge in [0.05, 0.1) is 18.8 Å². The van der Waals surface area contributed by atoms with Crippen molar-refractivity contribution in [2.75, 3.05) is 32.6 Å². The number of amides is 1. The highest BCUT2D eigenvalue weighted by Crippen LogP contribution is 2.39. The van der Waals surface area contributed by atoms with Crippen LogP contribution in [0, 0.1) is 11.8 Å². The number of carbonyl (C=O) groups excluding carboxylic acids is 2. The predicted molar refractivity (Wildman–Crippen MR) is 118 cm³/mol. The molecule has 7 heteroatoms. The number of likely N-dealkylation sites (N-methyl/N-ethyl adjacent to an activating group) is 1. The average Bonchev–Trinajstić information content (AvgIpc) is 3.37. The molecule has 1 saturated heterocycles. The summed E-state index contributed by atoms with van der Waals surface area (Å²) in [5.41, 5.74) is 1.29. The maximum absolute atomic E-state index is 13.3. The molecule has 2 heterocycles. The van der Waals surface area contributed by atoms with E-state index in [1.807, 2.05) is 19.2 Å². The van der Waals surface area contributed by atoms with Gasteiger partial charge in [0.25, 0.3) is 0 Å². The number of hydrogen-bond acceptors (Lipinski definition) is 6. The molecule has 1 N–H and O–H groups in total. The lowest BCUT2D eigenvalue weighted by Gasteiger charge is -2.34. The third-order valence-electron chi connectivity index (χ3n) is 6.88. The molecule has 4 rings (SSSR count). The van der Waals surface area contributed by atoms with Crippen molar-refractivity contribution >= 4 is 28.5 Å². The molecule has 31 heavy (non-hydrogen) atoms. The Hall–Kier alpha value is -2.38. The van der Waals surface area contributed by atoms with Crippen molar-refractivity contribution in [3.63, 3.8) is 0 Å². The third kappa shape index (κ3) is 4.62. The van der Waals surface area contributed by atoms with Gasteiger partial charge in [-0.15, -0.1) is 0 Å². The van der Waals surface area contributed by atoms with E-state index in [1.54, 1.807) is 26.2 Å². The number of benzene rings is 1. The molecule has 1 aliphatic heterocycles. The second-order valence-corrected chi connectivity index (χ2v) is 8.72. The Morgan fingerprint density at radius 1 is 1.16 bits per heavy atom. The zero-order valence-electron chi connectivity index (χ0n) is 18.6. The number of fused-ring (bicyclic) bond motifs is 1. The van der Waals surface area contributed by atoms with Crippen LogP contribution < -0.4 is 5.32 Å². The topological polar surface area (TPSA) is 81.0 Å². The standard InChI is InChI=1S/C24H32N2O5/c1-4-30-24(28)21-14-16-13-17(7-10-20(16)31-21)25-23(27)22-19(11-12-26(22)2)15-5-8-18(29-3)9-6-15/h7,10,13-15,18-19,22H,4-6,8-9,11-12H2,1-3H3,(H,25,27). The van der Waals surface area contributed by atoms with Crippen molar-refractivity contribution in [1.29, 1.82) is 0 Å². The Morgan fingerprint density at radius 3 is 2.65 bits per heavy atom. The molecule has 168 valence electrons. The van der Waals surface area contributed by atoms with Gasteiger partial charge in [-0.05, 0) is 88.7 Å². The molecule has 2 atom stereocenters. The second-order valence-electron chi connectivity index (χ2n) is 8.72. The Bertz CT molecular complexity index is 931. The SMILES string of the molecule is CCOC(=O)c1cc2cc(NC(=O)C3C(C4CCC(OC)CC4)CCN3C)ccc2o1. The van der Waals surface area contributed by atoms with E-state index < -0.39 is 5.97 Å². The molecule has 0 radical (unpaired) electrons. The van der Waals surface area contributed by atoms with E-state index in [9.17, 15) is 9.59 Å². The number of esters is 1. The number of likely N-dealkylation sites (tertiary alicyclic amines) is 1. The molecule has 2 unspecified atom stereocenters. The van der Waals surface area contributed by atoms with Gasteiger partial charge in [0.1, 0.15) is 5.58 Å². The summed E-state index contributed by atoms with van der Waals surface area (Å²) in [6.45, 7) is 2.99. The fourth-order valence-electron chi connectivity index (χ4n) is 5.26. The molecule has 1 aromatic heterocycles. The van der Waals surface area contributed by atoms with Crippen LogP contribution >= 0.6 is 0 Å². The molecular weight excluding hydrogens is 396 g/mol. The lowest BCUT2D eigenvalue weighted by atomic mass is 9.75. The van der Waals surface area contributed by atoms with Gasteiger partial charge >= 0.3 is 5.97 Å². The number of furan rings is 1. The fourth-order valence-corrected chi connectivity index (χ4v) is 5.26. The first-order chi connectivity index (χ1) is 15.0. The number of rotatable bonds is 6. The van der Waals surface area contributed by atoms with Crippen LogP contribution in [-0.2, 0) is 14.3 Å².